The molecule has 0 aliphatic carbocycles. The van der Waals surface area contributed by atoms with Crippen LogP contribution in [0.3, 0.4) is 0 Å². The summed E-state index contributed by atoms with van der Waals surface area (Å²) in [5.41, 5.74) is 3.08. The van der Waals surface area contributed by atoms with Gasteiger partial charge in [-0.1, -0.05) is 42.5 Å². The van der Waals surface area contributed by atoms with E-state index in [2.05, 4.69) is 27.2 Å². The van der Waals surface area contributed by atoms with E-state index in [1.54, 1.807) is 29.3 Å². The van der Waals surface area contributed by atoms with E-state index in [-0.39, 0.29) is 27.2 Å². The van der Waals surface area contributed by atoms with Gasteiger partial charge in [-0.25, -0.2) is 13.4 Å². The lowest BCUT2D eigenvalue weighted by Crippen LogP contribution is -2.30. The van der Waals surface area contributed by atoms with Crippen LogP contribution in [-0.4, -0.2) is 42.4 Å². The Kier molecular flexibility index (Phi) is 7.77. The Balaban J connectivity index is 1.21. The number of anilines is 2. The van der Waals surface area contributed by atoms with Gasteiger partial charge in [-0.15, -0.1) is 23.1 Å². The van der Waals surface area contributed by atoms with Crippen LogP contribution in [0.15, 0.2) is 95.3 Å². The van der Waals surface area contributed by atoms with E-state index >= 15 is 0 Å². The molecule has 194 valence electrons. The normalized spacial score (nSPS) is 15.4. The van der Waals surface area contributed by atoms with Gasteiger partial charge in [0, 0.05) is 29.4 Å². The van der Waals surface area contributed by atoms with Crippen LogP contribution in [-0.2, 0) is 21.2 Å². The molecule has 2 N–H and O–H groups in total. The summed E-state index contributed by atoms with van der Waals surface area (Å²) >= 11 is 2.77. The predicted molar refractivity (Wildman–Crippen MR) is 151 cm³/mol. The number of amides is 2. The molecule has 2 amide bonds. The van der Waals surface area contributed by atoms with Crippen molar-refractivity contribution in [2.45, 2.75) is 16.7 Å². The molecule has 4 aromatic rings. The summed E-state index contributed by atoms with van der Waals surface area (Å²) < 4.78 is 27.4. The number of nitrogens with one attached hydrogen (secondary N) is 2. The van der Waals surface area contributed by atoms with Crippen molar-refractivity contribution in [3.63, 3.8) is 0 Å². The van der Waals surface area contributed by atoms with E-state index < -0.39 is 10.0 Å². The maximum absolute atomic E-state index is 12.8. The number of hydrogen-bond donors (Lipinski definition) is 2. The van der Waals surface area contributed by atoms with Crippen molar-refractivity contribution in [2.75, 3.05) is 22.3 Å². The van der Waals surface area contributed by atoms with Crippen molar-refractivity contribution < 1.29 is 18.0 Å². The van der Waals surface area contributed by atoms with E-state index in [1.165, 1.54) is 47.4 Å². The average molecular weight is 565 g/mol. The molecular weight excluding hydrogens is 541 g/mol. The number of carbonyl (C=O) groups is 2. The molecule has 5 rings (SSSR count). The molecule has 0 saturated carbocycles. The van der Waals surface area contributed by atoms with Crippen LogP contribution in [0.5, 0.6) is 0 Å². The van der Waals surface area contributed by atoms with Gasteiger partial charge < -0.3 is 10.2 Å². The SMILES string of the molecule is O=C(Nc1ccc(S(=O)(=O)Nc2nccs2)cc1)c1ccc([C@@H]2SCC(=O)N2CCc2ccccc2)cc1. The third-order valence-electron chi connectivity index (χ3n) is 5.99. The molecule has 0 radical (unpaired) electrons. The van der Waals surface area contributed by atoms with Gasteiger partial charge in [0.05, 0.1) is 10.6 Å². The molecular formula is C27H24N4O4S3. The minimum Gasteiger partial charge on any atom is -0.326 e. The summed E-state index contributed by atoms with van der Waals surface area (Å²) in [4.78, 5) is 31.2. The Labute approximate surface area is 229 Å². The molecule has 38 heavy (non-hydrogen) atoms. The summed E-state index contributed by atoms with van der Waals surface area (Å²) in [5, 5.41) is 4.66. The highest BCUT2D eigenvalue weighted by Gasteiger charge is 2.32. The molecule has 3 aromatic carbocycles. The molecule has 0 bridgehead atoms. The first kappa shape index (κ1) is 26.0. The van der Waals surface area contributed by atoms with Crippen LogP contribution in [0, 0.1) is 0 Å². The summed E-state index contributed by atoms with van der Waals surface area (Å²) in [6.45, 7) is 0.633. The zero-order valence-electron chi connectivity index (χ0n) is 20.1. The van der Waals surface area contributed by atoms with E-state index in [0.717, 1.165) is 12.0 Å². The fraction of sp³-hybridized carbons (Fsp3) is 0.148. The third-order valence-corrected chi connectivity index (χ3v) is 9.42. The molecule has 2 heterocycles. The standard InChI is InChI=1S/C27H24N4O4S3/c32-24-18-37-26(31(24)16-14-19-4-2-1-3-5-19)21-8-6-20(7-9-21)25(33)29-22-10-12-23(13-11-22)38(34,35)30-27-28-15-17-36-27/h1-13,15,17,26H,14,16,18H2,(H,28,30)(H,29,33)/t26-/m0/s1. The lowest BCUT2D eigenvalue weighted by molar-refractivity contribution is -0.128. The molecule has 11 heteroatoms. The van der Waals surface area contributed by atoms with Crippen LogP contribution in [0.2, 0.25) is 0 Å². The molecule has 0 spiro atoms. The Bertz CT molecular complexity index is 1510. The molecule has 1 fully saturated rings. The number of thiazole rings is 1. The van der Waals surface area contributed by atoms with E-state index in [0.29, 0.717) is 23.5 Å². The fourth-order valence-corrected chi connectivity index (χ4v) is 7.04. The molecule has 0 unspecified atom stereocenters. The van der Waals surface area contributed by atoms with Crippen molar-refractivity contribution >= 4 is 55.8 Å². The second-order valence-corrected chi connectivity index (χ2v) is 12.2. The number of aromatic nitrogens is 1. The second-order valence-electron chi connectivity index (χ2n) is 8.53. The molecule has 1 aliphatic heterocycles. The van der Waals surface area contributed by atoms with Crippen LogP contribution < -0.4 is 10.0 Å². The molecule has 8 nitrogen and oxygen atoms in total. The van der Waals surface area contributed by atoms with Gasteiger partial charge in [0.2, 0.25) is 5.91 Å². The maximum atomic E-state index is 12.8. The van der Waals surface area contributed by atoms with Gasteiger partial charge >= 0.3 is 0 Å². The Morgan fingerprint density at radius 3 is 2.42 bits per heavy atom. The first-order valence-corrected chi connectivity index (χ1v) is 15.2. The maximum Gasteiger partial charge on any atom is 0.263 e. The fourth-order valence-electron chi connectivity index (χ4n) is 4.03. The van der Waals surface area contributed by atoms with Crippen molar-refractivity contribution in [1.29, 1.82) is 0 Å². The Morgan fingerprint density at radius 1 is 1.00 bits per heavy atom. The minimum atomic E-state index is -3.77. The zero-order chi connectivity index (χ0) is 26.5. The van der Waals surface area contributed by atoms with Gasteiger partial charge in [0.15, 0.2) is 5.13 Å². The topological polar surface area (TPSA) is 108 Å². The summed E-state index contributed by atoms with van der Waals surface area (Å²) in [6.07, 6.45) is 2.30. The predicted octanol–water partition coefficient (Wildman–Crippen LogP) is 5.01. The number of nitrogens with zero attached hydrogens (tertiary/aromatic N) is 2. The highest BCUT2D eigenvalue weighted by Crippen LogP contribution is 2.38. The van der Waals surface area contributed by atoms with Gasteiger partial charge in [0.25, 0.3) is 15.9 Å². The first-order chi connectivity index (χ1) is 18.4. The zero-order valence-corrected chi connectivity index (χ0v) is 22.6. The van der Waals surface area contributed by atoms with Crippen molar-refractivity contribution in [3.8, 4) is 0 Å². The molecule has 1 aromatic heterocycles. The van der Waals surface area contributed by atoms with E-state index in [1.807, 2.05) is 35.2 Å². The van der Waals surface area contributed by atoms with Crippen LogP contribution in [0.4, 0.5) is 10.8 Å². The number of benzene rings is 3. The van der Waals surface area contributed by atoms with Crippen LogP contribution >= 0.6 is 23.1 Å². The highest BCUT2D eigenvalue weighted by atomic mass is 32.2. The van der Waals surface area contributed by atoms with Crippen molar-refractivity contribution in [3.05, 3.63) is 107 Å². The lowest BCUT2D eigenvalue weighted by Gasteiger charge is -2.24. The molecule has 1 aliphatic rings. The van der Waals surface area contributed by atoms with Gasteiger partial charge in [-0.05, 0) is 53.9 Å². The summed E-state index contributed by atoms with van der Waals surface area (Å²) in [5.74, 6) is 0.237. The third kappa shape index (κ3) is 6.07. The molecule has 1 atom stereocenters. The van der Waals surface area contributed by atoms with Crippen LogP contribution in [0.25, 0.3) is 0 Å². The minimum absolute atomic E-state index is 0.0653. The molecule has 1 saturated heterocycles. The van der Waals surface area contributed by atoms with E-state index in [4.69, 9.17) is 0 Å². The average Bonchev–Trinajstić information content (AvgIpc) is 3.57. The Hall–Kier alpha value is -3.67. The number of thioether (sulfide) groups is 1. The Morgan fingerprint density at radius 2 is 1.74 bits per heavy atom. The van der Waals surface area contributed by atoms with Gasteiger partial charge in [-0.3, -0.25) is 14.3 Å². The monoisotopic (exact) mass is 564 g/mol. The van der Waals surface area contributed by atoms with Crippen molar-refractivity contribution in [1.82, 2.24) is 9.88 Å². The van der Waals surface area contributed by atoms with Gasteiger partial charge in [-0.2, -0.15) is 0 Å². The van der Waals surface area contributed by atoms with Crippen LogP contribution in [0.1, 0.15) is 26.9 Å². The largest absolute Gasteiger partial charge is 0.326 e. The lowest BCUT2D eigenvalue weighted by atomic mass is 10.1. The quantitative estimate of drug-likeness (QED) is 0.296. The number of sulfonamides is 1. The summed E-state index contributed by atoms with van der Waals surface area (Å²) in [7, 11) is -3.77. The number of rotatable bonds is 9. The second kappa shape index (κ2) is 11.4. The highest BCUT2D eigenvalue weighted by molar-refractivity contribution is 8.00. The number of carbonyl (C=O) groups excluding carboxylic acids is 2. The number of hydrogen-bond acceptors (Lipinski definition) is 7. The van der Waals surface area contributed by atoms with Gasteiger partial charge in [0.1, 0.15) is 5.37 Å². The summed E-state index contributed by atoms with van der Waals surface area (Å²) in [6, 6.07) is 23.2. The first-order valence-electron chi connectivity index (χ1n) is 11.8. The van der Waals surface area contributed by atoms with Crippen molar-refractivity contribution in [2.24, 2.45) is 0 Å². The van der Waals surface area contributed by atoms with E-state index in [9.17, 15) is 18.0 Å². The smallest absolute Gasteiger partial charge is 0.263 e.